The van der Waals surface area contributed by atoms with Gasteiger partial charge >= 0.3 is 0 Å². The van der Waals surface area contributed by atoms with Gasteiger partial charge in [0.1, 0.15) is 0 Å². The summed E-state index contributed by atoms with van der Waals surface area (Å²) in [5.74, 6) is 2.58. The quantitative estimate of drug-likeness (QED) is 0.461. The minimum Gasteiger partial charge on any atom is -0.493 e. The van der Waals surface area contributed by atoms with Crippen LogP contribution in [0.4, 0.5) is 0 Å². The first kappa shape index (κ1) is 22.7. The van der Waals surface area contributed by atoms with Crippen LogP contribution in [0.5, 0.6) is 23.0 Å². The standard InChI is InChI=1S/C26H27NO5S/c1-29-20-9-7-17(14-21(20)30-2)8-10-25(28)27-12-11-18-15-22(31-3)23(32-4)16-19(18)26(27)24-6-5-13-33-24/h5-10,13-16,26H,11-12H2,1-4H3/b10-8+. The number of amides is 1. The fourth-order valence-corrected chi connectivity index (χ4v) is 5.01. The minimum absolute atomic E-state index is 0.0522. The van der Waals surface area contributed by atoms with E-state index in [0.717, 1.165) is 22.4 Å². The van der Waals surface area contributed by atoms with Gasteiger partial charge in [-0.15, -0.1) is 11.3 Å². The molecule has 33 heavy (non-hydrogen) atoms. The minimum atomic E-state index is -0.184. The van der Waals surface area contributed by atoms with Gasteiger partial charge < -0.3 is 23.8 Å². The maximum Gasteiger partial charge on any atom is 0.247 e. The predicted molar refractivity (Wildman–Crippen MR) is 130 cm³/mol. The molecule has 0 fully saturated rings. The van der Waals surface area contributed by atoms with Crippen molar-refractivity contribution < 1.29 is 23.7 Å². The molecule has 0 saturated heterocycles. The molecule has 6 nitrogen and oxygen atoms in total. The van der Waals surface area contributed by atoms with Crippen molar-refractivity contribution in [3.8, 4) is 23.0 Å². The van der Waals surface area contributed by atoms with Gasteiger partial charge in [0, 0.05) is 17.5 Å². The number of benzene rings is 2. The first-order valence-electron chi connectivity index (χ1n) is 10.6. The molecule has 172 valence electrons. The summed E-state index contributed by atoms with van der Waals surface area (Å²) in [5.41, 5.74) is 3.09. The van der Waals surface area contributed by atoms with Crippen LogP contribution >= 0.6 is 11.3 Å². The molecule has 0 N–H and O–H groups in total. The number of rotatable bonds is 7. The van der Waals surface area contributed by atoms with Gasteiger partial charge in [-0.1, -0.05) is 12.1 Å². The van der Waals surface area contributed by atoms with Crippen LogP contribution in [0.15, 0.2) is 53.9 Å². The molecule has 0 radical (unpaired) electrons. The van der Waals surface area contributed by atoms with E-state index in [4.69, 9.17) is 18.9 Å². The van der Waals surface area contributed by atoms with Gasteiger partial charge in [0.05, 0.1) is 34.5 Å². The van der Waals surface area contributed by atoms with Crippen molar-refractivity contribution >= 4 is 23.3 Å². The predicted octanol–water partition coefficient (Wildman–Crippen LogP) is 4.97. The molecular formula is C26H27NO5S. The molecule has 0 spiro atoms. The SMILES string of the molecule is COc1ccc(/C=C/C(=O)N2CCc3cc(OC)c(OC)cc3C2c2cccs2)cc1OC. The van der Waals surface area contributed by atoms with E-state index >= 15 is 0 Å². The van der Waals surface area contributed by atoms with Gasteiger partial charge in [-0.05, 0) is 64.9 Å². The summed E-state index contributed by atoms with van der Waals surface area (Å²) in [7, 11) is 6.46. The molecule has 1 unspecified atom stereocenters. The molecule has 1 aliphatic heterocycles. The number of hydrogen-bond acceptors (Lipinski definition) is 6. The molecular weight excluding hydrogens is 438 g/mol. The first-order chi connectivity index (χ1) is 16.1. The van der Waals surface area contributed by atoms with Crippen LogP contribution < -0.4 is 18.9 Å². The molecule has 3 aromatic rings. The maximum absolute atomic E-state index is 13.4. The normalized spacial score (nSPS) is 15.3. The lowest BCUT2D eigenvalue weighted by atomic mass is 9.90. The first-order valence-corrected chi connectivity index (χ1v) is 11.5. The third-order valence-electron chi connectivity index (χ3n) is 5.80. The van der Waals surface area contributed by atoms with Gasteiger partial charge in [0.25, 0.3) is 0 Å². The highest BCUT2D eigenvalue weighted by Gasteiger charge is 2.33. The molecule has 1 aliphatic rings. The summed E-state index contributed by atoms with van der Waals surface area (Å²) in [6, 6.07) is 13.5. The van der Waals surface area contributed by atoms with Crippen LogP contribution in [0.3, 0.4) is 0 Å². The maximum atomic E-state index is 13.4. The van der Waals surface area contributed by atoms with Crippen molar-refractivity contribution in [3.63, 3.8) is 0 Å². The molecule has 1 atom stereocenters. The molecule has 1 aromatic heterocycles. The van der Waals surface area contributed by atoms with Gasteiger partial charge in [0.15, 0.2) is 23.0 Å². The Kier molecular flexibility index (Phi) is 6.89. The summed E-state index contributed by atoms with van der Waals surface area (Å²) in [6.45, 7) is 0.611. The average molecular weight is 466 g/mol. The van der Waals surface area contributed by atoms with E-state index in [1.54, 1.807) is 51.9 Å². The second kappa shape index (κ2) is 10.0. The lowest BCUT2D eigenvalue weighted by Crippen LogP contribution is -2.39. The number of carbonyl (C=O) groups excluding carboxylic acids is 1. The van der Waals surface area contributed by atoms with Gasteiger partial charge in [-0.2, -0.15) is 0 Å². The fourth-order valence-electron chi connectivity index (χ4n) is 4.16. The van der Waals surface area contributed by atoms with E-state index in [2.05, 4.69) is 6.07 Å². The number of hydrogen-bond donors (Lipinski definition) is 0. The molecule has 1 amide bonds. The molecule has 0 aliphatic carbocycles. The Morgan fingerprint density at radius 1 is 0.939 bits per heavy atom. The molecule has 7 heteroatoms. The average Bonchev–Trinajstić information content (AvgIpc) is 3.39. The Morgan fingerprint density at radius 3 is 2.30 bits per heavy atom. The number of carbonyl (C=O) groups is 1. The van der Waals surface area contributed by atoms with Crippen LogP contribution in [-0.4, -0.2) is 45.8 Å². The highest BCUT2D eigenvalue weighted by atomic mass is 32.1. The lowest BCUT2D eigenvalue weighted by Gasteiger charge is -2.37. The Labute approximate surface area is 198 Å². The lowest BCUT2D eigenvalue weighted by molar-refractivity contribution is -0.127. The van der Waals surface area contributed by atoms with Crippen LogP contribution in [0.25, 0.3) is 6.08 Å². The second-order valence-corrected chi connectivity index (χ2v) is 8.53. The molecule has 4 rings (SSSR count). The van der Waals surface area contributed by atoms with Gasteiger partial charge in [-0.3, -0.25) is 4.79 Å². The van der Waals surface area contributed by atoms with Crippen LogP contribution in [0.1, 0.15) is 27.6 Å². The number of nitrogens with zero attached hydrogens (tertiary/aromatic N) is 1. The summed E-state index contributed by atoms with van der Waals surface area (Å²) in [6.07, 6.45) is 4.17. The number of ether oxygens (including phenoxy) is 4. The van der Waals surface area contributed by atoms with E-state index in [-0.39, 0.29) is 11.9 Å². The summed E-state index contributed by atoms with van der Waals surface area (Å²) in [5, 5.41) is 2.03. The van der Waals surface area contributed by atoms with E-state index in [1.807, 2.05) is 46.7 Å². The Morgan fingerprint density at radius 2 is 1.64 bits per heavy atom. The Bertz CT molecular complexity index is 1160. The summed E-state index contributed by atoms with van der Waals surface area (Å²) >= 11 is 1.64. The number of fused-ring (bicyclic) bond motifs is 1. The van der Waals surface area contributed by atoms with Crippen LogP contribution in [0.2, 0.25) is 0 Å². The largest absolute Gasteiger partial charge is 0.493 e. The monoisotopic (exact) mass is 465 g/mol. The van der Waals surface area contributed by atoms with Crippen molar-refractivity contribution in [2.24, 2.45) is 0 Å². The zero-order valence-electron chi connectivity index (χ0n) is 19.2. The smallest absolute Gasteiger partial charge is 0.247 e. The van der Waals surface area contributed by atoms with E-state index in [1.165, 1.54) is 5.56 Å². The van der Waals surface area contributed by atoms with E-state index in [9.17, 15) is 4.79 Å². The second-order valence-electron chi connectivity index (χ2n) is 7.55. The zero-order chi connectivity index (χ0) is 23.4. The summed E-state index contributed by atoms with van der Waals surface area (Å²) < 4.78 is 21.7. The molecule has 0 bridgehead atoms. The zero-order valence-corrected chi connectivity index (χ0v) is 20.0. The molecule has 2 heterocycles. The van der Waals surface area contributed by atoms with E-state index in [0.29, 0.717) is 29.5 Å². The van der Waals surface area contributed by atoms with Crippen molar-refractivity contribution in [2.75, 3.05) is 35.0 Å². The van der Waals surface area contributed by atoms with Gasteiger partial charge in [-0.25, -0.2) is 0 Å². The highest BCUT2D eigenvalue weighted by Crippen LogP contribution is 2.42. The van der Waals surface area contributed by atoms with Crippen molar-refractivity contribution in [2.45, 2.75) is 12.5 Å². The third kappa shape index (κ3) is 4.54. The molecule has 2 aromatic carbocycles. The topological polar surface area (TPSA) is 57.2 Å². The van der Waals surface area contributed by atoms with Crippen molar-refractivity contribution in [1.82, 2.24) is 4.90 Å². The van der Waals surface area contributed by atoms with E-state index < -0.39 is 0 Å². The highest BCUT2D eigenvalue weighted by molar-refractivity contribution is 7.10. The van der Waals surface area contributed by atoms with Crippen molar-refractivity contribution in [1.29, 1.82) is 0 Å². The number of thiophene rings is 1. The number of methoxy groups -OCH3 is 4. The van der Waals surface area contributed by atoms with Crippen LogP contribution in [0, 0.1) is 0 Å². The summed E-state index contributed by atoms with van der Waals surface area (Å²) in [4.78, 5) is 16.4. The third-order valence-corrected chi connectivity index (χ3v) is 6.72. The van der Waals surface area contributed by atoms with Crippen molar-refractivity contribution in [3.05, 3.63) is 75.5 Å². The molecule has 0 saturated carbocycles. The fraction of sp³-hybridized carbons (Fsp3) is 0.269. The Hall–Kier alpha value is -3.45. The Balaban J connectivity index is 1.67. The van der Waals surface area contributed by atoms with Crippen LogP contribution in [-0.2, 0) is 11.2 Å². The van der Waals surface area contributed by atoms with Gasteiger partial charge in [0.2, 0.25) is 5.91 Å².